The highest BCUT2D eigenvalue weighted by Gasteiger charge is 2.66. The molecule has 1 aromatic carbocycles. The van der Waals surface area contributed by atoms with Crippen molar-refractivity contribution in [1.29, 1.82) is 0 Å². The summed E-state index contributed by atoms with van der Waals surface area (Å²) >= 11 is 0. The molecule has 0 aliphatic heterocycles. The maximum atomic E-state index is 13.3. The van der Waals surface area contributed by atoms with E-state index in [1.807, 2.05) is 42.1 Å². The van der Waals surface area contributed by atoms with Gasteiger partial charge in [-0.3, -0.25) is 9.36 Å². The van der Waals surface area contributed by atoms with Crippen molar-refractivity contribution in [3.8, 4) is 0 Å². The molecular weight excluding hydrogens is 486 g/mol. The SMILES string of the molecule is CC[C@H](CCC(=O)n1ccc2ccccc21)[C@H]1CC[C@H]2[C@@H]3[C@H](O)C[C@@H]4C[C@H](O)CC[C@]4(C)[C@H]3C[C@H](OC)[C@]12C. The van der Waals surface area contributed by atoms with Crippen molar-refractivity contribution in [1.82, 2.24) is 4.57 Å². The number of hydrogen-bond acceptors (Lipinski definition) is 4. The highest BCUT2D eigenvalue weighted by molar-refractivity contribution is 5.92. The minimum Gasteiger partial charge on any atom is -0.393 e. The lowest BCUT2D eigenvalue weighted by Gasteiger charge is -2.64. The average molecular weight is 536 g/mol. The van der Waals surface area contributed by atoms with Gasteiger partial charge in [0.2, 0.25) is 5.91 Å². The standard InChI is InChI=1S/C34H49NO4/c1-5-21(10-13-31(38)35-17-15-22-8-6-7-9-28(22)35)25-11-12-26-32-27(20-30(39-4)34(25,26)3)33(2)16-14-24(36)18-23(33)19-29(32)37/h6-9,15,17,21,23-27,29-30,32,36-37H,5,10-14,16,18-20H2,1-4H3/t21-,23+,24-,25-,26+,27+,29-,30+,32+,33+,34-/m1/s1. The number of rotatable bonds is 6. The van der Waals surface area contributed by atoms with Crippen LogP contribution in [0.25, 0.3) is 10.9 Å². The molecule has 214 valence electrons. The summed E-state index contributed by atoms with van der Waals surface area (Å²) in [4.78, 5) is 13.3. The zero-order chi connectivity index (χ0) is 27.5. The molecule has 0 unspecified atom stereocenters. The number of fused-ring (bicyclic) bond motifs is 6. The van der Waals surface area contributed by atoms with E-state index < -0.39 is 0 Å². The van der Waals surface area contributed by atoms with Crippen LogP contribution >= 0.6 is 0 Å². The third-order valence-electron chi connectivity index (χ3n) is 12.8. The van der Waals surface area contributed by atoms with Gasteiger partial charge in [-0.2, -0.15) is 0 Å². The van der Waals surface area contributed by atoms with Crippen LogP contribution in [-0.4, -0.2) is 46.1 Å². The van der Waals surface area contributed by atoms with E-state index in [9.17, 15) is 15.0 Å². The summed E-state index contributed by atoms with van der Waals surface area (Å²) in [5, 5.41) is 23.2. The number of ether oxygens (including phenoxy) is 1. The number of para-hydroxylation sites is 1. The van der Waals surface area contributed by atoms with Crippen LogP contribution in [0, 0.1) is 46.3 Å². The molecule has 2 N–H and O–H groups in total. The van der Waals surface area contributed by atoms with Gasteiger partial charge in [-0.15, -0.1) is 0 Å². The lowest BCUT2D eigenvalue weighted by molar-refractivity contribution is -0.213. The normalized spacial score (nSPS) is 42.5. The van der Waals surface area contributed by atoms with E-state index >= 15 is 0 Å². The lowest BCUT2D eigenvalue weighted by atomic mass is 9.43. The topological polar surface area (TPSA) is 71.7 Å². The molecule has 2 aromatic rings. The van der Waals surface area contributed by atoms with Gasteiger partial charge in [0.05, 0.1) is 23.8 Å². The number of aromatic nitrogens is 1. The average Bonchev–Trinajstić information content (AvgIpc) is 3.51. The molecular formula is C34H49NO4. The Hall–Kier alpha value is -1.69. The largest absolute Gasteiger partial charge is 0.393 e. The molecule has 0 radical (unpaired) electrons. The van der Waals surface area contributed by atoms with Crippen molar-refractivity contribution >= 4 is 16.8 Å². The van der Waals surface area contributed by atoms with Crippen LogP contribution in [-0.2, 0) is 4.74 Å². The Kier molecular flexibility index (Phi) is 7.25. The number of methoxy groups -OCH3 is 1. The molecule has 4 fully saturated rings. The van der Waals surface area contributed by atoms with Crippen LogP contribution < -0.4 is 0 Å². The molecule has 11 atom stereocenters. The second kappa shape index (κ2) is 10.3. The van der Waals surface area contributed by atoms with Crippen molar-refractivity contribution in [3.63, 3.8) is 0 Å². The second-order valence-electron chi connectivity index (χ2n) is 14.1. The molecule has 4 saturated carbocycles. The summed E-state index contributed by atoms with van der Waals surface area (Å²) in [5.74, 6) is 2.76. The summed E-state index contributed by atoms with van der Waals surface area (Å²) in [6.45, 7) is 7.22. The Morgan fingerprint density at radius 2 is 1.87 bits per heavy atom. The van der Waals surface area contributed by atoms with E-state index in [0.29, 0.717) is 41.9 Å². The first-order chi connectivity index (χ1) is 18.7. The highest BCUT2D eigenvalue weighted by Crippen LogP contribution is 2.69. The van der Waals surface area contributed by atoms with E-state index in [0.717, 1.165) is 68.7 Å². The molecule has 4 aliphatic carbocycles. The van der Waals surface area contributed by atoms with Crippen molar-refractivity contribution in [2.45, 2.75) is 103 Å². The predicted octanol–water partition coefficient (Wildman–Crippen LogP) is 6.70. The van der Waals surface area contributed by atoms with Crippen LogP contribution in [0.2, 0.25) is 0 Å². The number of carbonyl (C=O) groups is 1. The fraction of sp³-hybridized carbons (Fsp3) is 0.735. The minimum atomic E-state index is -0.289. The number of aliphatic hydroxyl groups is 2. The maximum absolute atomic E-state index is 13.3. The van der Waals surface area contributed by atoms with E-state index in [1.165, 1.54) is 0 Å². The maximum Gasteiger partial charge on any atom is 0.231 e. The number of carbonyl (C=O) groups excluding carboxylic acids is 1. The fourth-order valence-electron chi connectivity index (χ4n) is 10.7. The quantitative estimate of drug-likeness (QED) is 0.432. The first kappa shape index (κ1) is 27.5. The van der Waals surface area contributed by atoms with Crippen molar-refractivity contribution in [2.75, 3.05) is 7.11 Å². The molecule has 5 nitrogen and oxygen atoms in total. The first-order valence-corrected chi connectivity index (χ1v) is 15.7. The van der Waals surface area contributed by atoms with Gasteiger partial charge in [-0.1, -0.05) is 45.4 Å². The summed E-state index contributed by atoms with van der Waals surface area (Å²) in [6.07, 6.45) is 11.0. The van der Waals surface area contributed by atoms with E-state index in [4.69, 9.17) is 4.74 Å². The first-order valence-electron chi connectivity index (χ1n) is 15.7. The van der Waals surface area contributed by atoms with Gasteiger partial charge in [-0.25, -0.2) is 0 Å². The van der Waals surface area contributed by atoms with Gasteiger partial charge >= 0.3 is 0 Å². The Morgan fingerprint density at radius 3 is 2.64 bits per heavy atom. The number of hydrogen-bond donors (Lipinski definition) is 2. The lowest BCUT2D eigenvalue weighted by Crippen LogP contribution is -2.62. The number of benzene rings is 1. The van der Waals surface area contributed by atoms with Crippen LogP contribution in [0.3, 0.4) is 0 Å². The van der Waals surface area contributed by atoms with E-state index in [-0.39, 0.29) is 35.0 Å². The Balaban J connectivity index is 1.23. The summed E-state index contributed by atoms with van der Waals surface area (Å²) in [5.41, 5.74) is 1.18. The highest BCUT2D eigenvalue weighted by atomic mass is 16.5. The van der Waals surface area contributed by atoms with Crippen LogP contribution in [0.1, 0.15) is 89.8 Å². The molecule has 39 heavy (non-hydrogen) atoms. The van der Waals surface area contributed by atoms with Gasteiger partial charge in [0.15, 0.2) is 0 Å². The van der Waals surface area contributed by atoms with E-state index in [1.54, 1.807) is 0 Å². The Labute approximate surface area is 234 Å². The molecule has 0 bridgehead atoms. The van der Waals surface area contributed by atoms with E-state index in [2.05, 4.69) is 26.8 Å². The third-order valence-corrected chi connectivity index (χ3v) is 12.8. The molecule has 0 saturated heterocycles. The predicted molar refractivity (Wildman–Crippen MR) is 154 cm³/mol. The molecule has 0 spiro atoms. The smallest absolute Gasteiger partial charge is 0.231 e. The number of nitrogens with zero attached hydrogens (tertiary/aromatic N) is 1. The van der Waals surface area contributed by atoms with Crippen molar-refractivity contribution in [2.24, 2.45) is 46.3 Å². The molecule has 5 heteroatoms. The summed E-state index contributed by atoms with van der Waals surface area (Å²) in [7, 11) is 1.90. The molecule has 1 aromatic heterocycles. The fourth-order valence-corrected chi connectivity index (χ4v) is 10.7. The Bertz CT molecular complexity index is 1190. The zero-order valence-electron chi connectivity index (χ0n) is 24.4. The van der Waals surface area contributed by atoms with Gasteiger partial charge in [0.1, 0.15) is 0 Å². The molecule has 6 rings (SSSR count). The summed E-state index contributed by atoms with van der Waals surface area (Å²) < 4.78 is 8.23. The van der Waals surface area contributed by atoms with Gasteiger partial charge < -0.3 is 14.9 Å². The zero-order valence-corrected chi connectivity index (χ0v) is 24.4. The van der Waals surface area contributed by atoms with Crippen LogP contribution in [0.4, 0.5) is 0 Å². The summed E-state index contributed by atoms with van der Waals surface area (Å²) in [6, 6.07) is 10.1. The van der Waals surface area contributed by atoms with Gasteiger partial charge in [0.25, 0.3) is 0 Å². The molecule has 0 amide bonds. The van der Waals surface area contributed by atoms with Crippen molar-refractivity contribution in [3.05, 3.63) is 36.5 Å². The van der Waals surface area contributed by atoms with Crippen LogP contribution in [0.5, 0.6) is 0 Å². The van der Waals surface area contributed by atoms with Crippen LogP contribution in [0.15, 0.2) is 36.5 Å². The third kappa shape index (κ3) is 4.25. The monoisotopic (exact) mass is 535 g/mol. The second-order valence-corrected chi connectivity index (χ2v) is 14.1. The number of aliphatic hydroxyl groups excluding tert-OH is 2. The van der Waals surface area contributed by atoms with Gasteiger partial charge in [0, 0.05) is 30.5 Å². The van der Waals surface area contributed by atoms with Crippen molar-refractivity contribution < 1.29 is 19.7 Å². The molecule has 1 heterocycles. The Morgan fingerprint density at radius 1 is 1.08 bits per heavy atom. The molecule has 4 aliphatic rings. The van der Waals surface area contributed by atoms with Gasteiger partial charge in [-0.05, 0) is 104 Å². The minimum absolute atomic E-state index is 0.0120.